The number of aryl methyl sites for hydroxylation is 1. The number of alkyl halides is 3. The average molecular weight is 448 g/mol. The van der Waals surface area contributed by atoms with Gasteiger partial charge in [-0.1, -0.05) is 44.2 Å². The lowest BCUT2D eigenvalue weighted by molar-refractivity contribution is -0.192. The first-order chi connectivity index (χ1) is 15.1. The van der Waals surface area contributed by atoms with E-state index in [4.69, 9.17) is 15.6 Å². The maximum absolute atomic E-state index is 10.6. The second kappa shape index (κ2) is 10.8. The predicted octanol–water partition coefficient (Wildman–Crippen LogP) is 5.45. The first-order valence-electron chi connectivity index (χ1n) is 10.3. The van der Waals surface area contributed by atoms with Crippen LogP contribution in [0.3, 0.4) is 0 Å². The van der Waals surface area contributed by atoms with Crippen LogP contribution in [0.4, 0.5) is 24.9 Å². The van der Waals surface area contributed by atoms with Crippen molar-refractivity contribution < 1.29 is 23.1 Å². The SMILES string of the molecule is CCCN(CCC)c1nc(N)nc2cc(-c3ccccc3C)ccc12.O=C(O)C(F)(F)F. The number of hydrogen-bond acceptors (Lipinski definition) is 5. The number of hydrogen-bond donors (Lipinski definition) is 2. The van der Waals surface area contributed by atoms with E-state index in [9.17, 15) is 13.2 Å². The highest BCUT2D eigenvalue weighted by atomic mass is 19.4. The molecular weight excluding hydrogens is 421 g/mol. The van der Waals surface area contributed by atoms with E-state index in [1.807, 2.05) is 0 Å². The molecule has 32 heavy (non-hydrogen) atoms. The zero-order valence-electron chi connectivity index (χ0n) is 18.3. The molecule has 0 unspecified atom stereocenters. The number of aromatic nitrogens is 2. The Morgan fingerprint density at radius 3 is 2.19 bits per heavy atom. The Morgan fingerprint density at radius 1 is 1.06 bits per heavy atom. The van der Waals surface area contributed by atoms with Crippen LogP contribution in [0, 0.1) is 6.92 Å². The van der Waals surface area contributed by atoms with Crippen LogP contribution in [0.5, 0.6) is 0 Å². The smallest absolute Gasteiger partial charge is 0.475 e. The zero-order valence-corrected chi connectivity index (χ0v) is 18.3. The molecule has 0 aliphatic heterocycles. The fraction of sp³-hybridized carbons (Fsp3) is 0.348. The van der Waals surface area contributed by atoms with Crippen LogP contribution in [0.15, 0.2) is 42.5 Å². The van der Waals surface area contributed by atoms with Crippen LogP contribution in [-0.2, 0) is 4.79 Å². The third kappa shape index (κ3) is 6.32. The van der Waals surface area contributed by atoms with Crippen molar-refractivity contribution in [3.05, 3.63) is 48.0 Å². The molecule has 9 heteroatoms. The molecule has 3 N–H and O–H groups in total. The van der Waals surface area contributed by atoms with E-state index < -0.39 is 12.1 Å². The van der Waals surface area contributed by atoms with Crippen molar-refractivity contribution in [2.75, 3.05) is 23.7 Å². The number of anilines is 2. The first-order valence-corrected chi connectivity index (χ1v) is 10.3. The van der Waals surface area contributed by atoms with Gasteiger partial charge in [-0.2, -0.15) is 18.2 Å². The van der Waals surface area contributed by atoms with E-state index in [1.165, 1.54) is 11.1 Å². The lowest BCUT2D eigenvalue weighted by atomic mass is 9.99. The van der Waals surface area contributed by atoms with E-state index in [0.29, 0.717) is 5.95 Å². The van der Waals surface area contributed by atoms with Crippen LogP contribution in [0.1, 0.15) is 32.3 Å². The lowest BCUT2D eigenvalue weighted by Gasteiger charge is -2.24. The number of rotatable bonds is 6. The zero-order chi connectivity index (χ0) is 23.9. The molecule has 6 nitrogen and oxygen atoms in total. The van der Waals surface area contributed by atoms with Crippen LogP contribution in [-0.4, -0.2) is 40.3 Å². The highest BCUT2D eigenvalue weighted by molar-refractivity contribution is 5.93. The normalized spacial score (nSPS) is 11.1. The van der Waals surface area contributed by atoms with Gasteiger partial charge in [-0.25, -0.2) is 9.78 Å². The summed E-state index contributed by atoms with van der Waals surface area (Å²) in [5.74, 6) is -1.48. The van der Waals surface area contributed by atoms with E-state index >= 15 is 0 Å². The van der Waals surface area contributed by atoms with Gasteiger partial charge in [0, 0.05) is 18.5 Å². The quantitative estimate of drug-likeness (QED) is 0.521. The number of halogens is 3. The molecule has 3 aromatic rings. The third-order valence-electron chi connectivity index (χ3n) is 4.68. The summed E-state index contributed by atoms with van der Waals surface area (Å²) in [6.45, 7) is 8.44. The molecule has 172 valence electrons. The Hall–Kier alpha value is -3.36. The predicted molar refractivity (Wildman–Crippen MR) is 121 cm³/mol. The molecule has 0 fully saturated rings. The second-order valence-electron chi connectivity index (χ2n) is 7.24. The van der Waals surface area contributed by atoms with Crippen molar-refractivity contribution in [3.8, 4) is 11.1 Å². The maximum Gasteiger partial charge on any atom is 0.490 e. The molecule has 0 radical (unpaired) electrons. The summed E-state index contributed by atoms with van der Waals surface area (Å²) in [5.41, 5.74) is 10.6. The Morgan fingerprint density at radius 2 is 1.66 bits per heavy atom. The van der Waals surface area contributed by atoms with Gasteiger partial charge in [0.05, 0.1) is 5.52 Å². The fourth-order valence-corrected chi connectivity index (χ4v) is 3.30. The molecule has 1 aromatic heterocycles. The number of carboxylic acids is 1. The van der Waals surface area contributed by atoms with Crippen LogP contribution >= 0.6 is 0 Å². The molecule has 0 aliphatic rings. The molecular formula is C23H27F3N4O2. The Balaban J connectivity index is 0.000000451. The van der Waals surface area contributed by atoms with Crippen molar-refractivity contribution in [2.24, 2.45) is 0 Å². The molecule has 0 saturated carbocycles. The topological polar surface area (TPSA) is 92.3 Å². The molecule has 0 aliphatic carbocycles. The first kappa shape index (κ1) is 24.9. The number of nitrogen functional groups attached to an aromatic ring is 1. The lowest BCUT2D eigenvalue weighted by Crippen LogP contribution is -2.26. The average Bonchev–Trinajstić information content (AvgIpc) is 2.72. The van der Waals surface area contributed by atoms with Crippen molar-refractivity contribution in [1.82, 2.24) is 9.97 Å². The Bertz CT molecular complexity index is 1060. The standard InChI is InChI=1S/C21H26N4.C2HF3O2/c1-4-12-25(13-5-2)20-18-11-10-16(14-19(18)23-21(22)24-20)17-9-7-6-8-15(17)3;3-2(4,5)1(6)7/h6-11,14H,4-5,12-13H2,1-3H3,(H2,22,23,24);(H,6,7). The molecule has 2 aromatic carbocycles. The fourth-order valence-electron chi connectivity index (χ4n) is 3.30. The summed E-state index contributed by atoms with van der Waals surface area (Å²) in [4.78, 5) is 20.3. The van der Waals surface area contributed by atoms with Gasteiger partial charge in [0.25, 0.3) is 0 Å². The summed E-state index contributed by atoms with van der Waals surface area (Å²) in [5, 5.41) is 8.19. The highest BCUT2D eigenvalue weighted by Gasteiger charge is 2.38. The van der Waals surface area contributed by atoms with Gasteiger partial charge in [0.1, 0.15) is 5.82 Å². The van der Waals surface area contributed by atoms with Crippen LogP contribution < -0.4 is 10.6 Å². The van der Waals surface area contributed by atoms with Gasteiger partial charge in [-0.15, -0.1) is 0 Å². The molecule has 0 bridgehead atoms. The number of fused-ring (bicyclic) bond motifs is 1. The van der Waals surface area contributed by atoms with Gasteiger partial charge >= 0.3 is 12.1 Å². The van der Waals surface area contributed by atoms with Gasteiger partial charge < -0.3 is 15.7 Å². The Kier molecular flexibility index (Phi) is 8.40. The summed E-state index contributed by atoms with van der Waals surface area (Å²) >= 11 is 0. The number of benzene rings is 2. The summed E-state index contributed by atoms with van der Waals surface area (Å²) in [6, 6.07) is 14.8. The van der Waals surface area contributed by atoms with E-state index in [-0.39, 0.29) is 0 Å². The second-order valence-corrected chi connectivity index (χ2v) is 7.24. The maximum atomic E-state index is 10.6. The van der Waals surface area contributed by atoms with Gasteiger partial charge in [0.15, 0.2) is 0 Å². The molecule has 0 spiro atoms. The molecule has 3 rings (SSSR count). The number of nitrogens with zero attached hydrogens (tertiary/aromatic N) is 3. The van der Waals surface area contributed by atoms with E-state index in [1.54, 1.807) is 0 Å². The number of carboxylic acid groups (broad SMARTS) is 1. The van der Waals surface area contributed by atoms with Crippen molar-refractivity contribution >= 4 is 28.6 Å². The van der Waals surface area contributed by atoms with Gasteiger partial charge in [0.2, 0.25) is 5.95 Å². The largest absolute Gasteiger partial charge is 0.490 e. The Labute approximate surface area is 184 Å². The minimum atomic E-state index is -5.08. The molecule has 1 heterocycles. The minimum absolute atomic E-state index is 0.335. The number of carbonyl (C=O) groups is 1. The van der Waals surface area contributed by atoms with Crippen molar-refractivity contribution in [1.29, 1.82) is 0 Å². The van der Waals surface area contributed by atoms with E-state index in [0.717, 1.165) is 48.2 Å². The summed E-state index contributed by atoms with van der Waals surface area (Å²) in [7, 11) is 0. The summed E-state index contributed by atoms with van der Waals surface area (Å²) < 4.78 is 31.7. The third-order valence-corrected chi connectivity index (χ3v) is 4.68. The van der Waals surface area contributed by atoms with Crippen LogP contribution in [0.25, 0.3) is 22.0 Å². The molecule has 0 saturated heterocycles. The minimum Gasteiger partial charge on any atom is -0.475 e. The highest BCUT2D eigenvalue weighted by Crippen LogP contribution is 2.30. The van der Waals surface area contributed by atoms with E-state index in [2.05, 4.69) is 78.1 Å². The number of nitrogens with two attached hydrogens (primary N) is 1. The molecule has 0 atom stereocenters. The van der Waals surface area contributed by atoms with Crippen molar-refractivity contribution in [3.63, 3.8) is 0 Å². The van der Waals surface area contributed by atoms with Gasteiger partial charge in [-0.05, 0) is 48.6 Å². The number of aliphatic carboxylic acids is 1. The van der Waals surface area contributed by atoms with Crippen LogP contribution in [0.2, 0.25) is 0 Å². The monoisotopic (exact) mass is 448 g/mol. The van der Waals surface area contributed by atoms with Gasteiger partial charge in [-0.3, -0.25) is 0 Å². The van der Waals surface area contributed by atoms with Crippen molar-refractivity contribution in [2.45, 2.75) is 39.8 Å². The molecule has 0 amide bonds. The summed E-state index contributed by atoms with van der Waals surface area (Å²) in [6.07, 6.45) is -2.93.